The fourth-order valence-corrected chi connectivity index (χ4v) is 1.02. The van der Waals surface area contributed by atoms with E-state index in [1.54, 1.807) is 6.07 Å². The SMILES string of the molecule is N#CCC(=O)Nc1ccc(O)c([N+](=O)[O-])c1. The monoisotopic (exact) mass is 221 g/mol. The lowest BCUT2D eigenvalue weighted by molar-refractivity contribution is -0.385. The second-order valence-electron chi connectivity index (χ2n) is 2.84. The molecule has 0 radical (unpaired) electrons. The Hall–Kier alpha value is -2.62. The van der Waals surface area contributed by atoms with Gasteiger partial charge in [-0.1, -0.05) is 0 Å². The van der Waals surface area contributed by atoms with E-state index in [-0.39, 0.29) is 12.1 Å². The molecule has 0 aliphatic heterocycles. The van der Waals surface area contributed by atoms with Crippen LogP contribution >= 0.6 is 0 Å². The topological polar surface area (TPSA) is 116 Å². The molecule has 82 valence electrons. The number of nitrogens with one attached hydrogen (secondary N) is 1. The predicted octanol–water partition coefficient (Wildman–Crippen LogP) is 1.15. The smallest absolute Gasteiger partial charge is 0.312 e. The van der Waals surface area contributed by atoms with Crippen LogP contribution in [0.2, 0.25) is 0 Å². The third-order valence-electron chi connectivity index (χ3n) is 1.70. The summed E-state index contributed by atoms with van der Waals surface area (Å²) >= 11 is 0. The summed E-state index contributed by atoms with van der Waals surface area (Å²) in [6, 6.07) is 5.06. The Morgan fingerprint density at radius 3 is 2.88 bits per heavy atom. The van der Waals surface area contributed by atoms with E-state index in [4.69, 9.17) is 10.4 Å². The number of anilines is 1. The average Bonchev–Trinajstić information content (AvgIpc) is 2.21. The third kappa shape index (κ3) is 2.68. The highest BCUT2D eigenvalue weighted by Gasteiger charge is 2.14. The number of nitro benzene ring substituents is 1. The fraction of sp³-hybridized carbons (Fsp3) is 0.111. The molecule has 7 nitrogen and oxygen atoms in total. The zero-order chi connectivity index (χ0) is 12.1. The van der Waals surface area contributed by atoms with E-state index in [1.165, 1.54) is 6.07 Å². The van der Waals surface area contributed by atoms with Gasteiger partial charge >= 0.3 is 5.69 Å². The van der Waals surface area contributed by atoms with Gasteiger partial charge in [-0.15, -0.1) is 0 Å². The third-order valence-corrected chi connectivity index (χ3v) is 1.70. The van der Waals surface area contributed by atoms with Crippen LogP contribution in [0.25, 0.3) is 0 Å². The van der Waals surface area contributed by atoms with Crippen molar-refractivity contribution < 1.29 is 14.8 Å². The van der Waals surface area contributed by atoms with Crippen molar-refractivity contribution in [2.24, 2.45) is 0 Å². The molecule has 0 saturated carbocycles. The maximum absolute atomic E-state index is 11.0. The molecule has 0 saturated heterocycles. The molecule has 0 unspecified atom stereocenters. The molecule has 0 atom stereocenters. The Labute approximate surface area is 90.1 Å². The van der Waals surface area contributed by atoms with E-state index in [0.29, 0.717) is 0 Å². The number of hydrogen-bond acceptors (Lipinski definition) is 5. The number of aromatic hydroxyl groups is 1. The quantitative estimate of drug-likeness (QED) is 0.451. The largest absolute Gasteiger partial charge is 0.502 e. The zero-order valence-electron chi connectivity index (χ0n) is 8.01. The number of benzene rings is 1. The van der Waals surface area contributed by atoms with E-state index in [0.717, 1.165) is 12.1 Å². The first-order valence-corrected chi connectivity index (χ1v) is 4.19. The molecule has 0 aromatic heterocycles. The Bertz CT molecular complexity index is 478. The van der Waals surface area contributed by atoms with Crippen LogP contribution in [0.1, 0.15) is 6.42 Å². The number of nitro groups is 1. The van der Waals surface area contributed by atoms with Crippen molar-refractivity contribution in [1.82, 2.24) is 0 Å². The predicted molar refractivity (Wildman–Crippen MR) is 53.6 cm³/mol. The molecular weight excluding hydrogens is 214 g/mol. The van der Waals surface area contributed by atoms with Gasteiger partial charge in [-0.25, -0.2) is 0 Å². The Balaban J connectivity index is 2.92. The summed E-state index contributed by atoms with van der Waals surface area (Å²) in [7, 11) is 0. The first kappa shape index (κ1) is 11.5. The summed E-state index contributed by atoms with van der Waals surface area (Å²) in [6.07, 6.45) is -0.339. The highest BCUT2D eigenvalue weighted by molar-refractivity contribution is 5.92. The minimum atomic E-state index is -0.769. The van der Waals surface area contributed by atoms with Gasteiger partial charge in [0.25, 0.3) is 0 Å². The lowest BCUT2D eigenvalue weighted by atomic mass is 10.2. The molecule has 0 aliphatic carbocycles. The minimum absolute atomic E-state index is 0.157. The Kier molecular flexibility index (Phi) is 3.40. The maximum atomic E-state index is 11.0. The molecule has 1 aromatic carbocycles. The maximum Gasteiger partial charge on any atom is 0.312 e. The minimum Gasteiger partial charge on any atom is -0.502 e. The van der Waals surface area contributed by atoms with Gasteiger partial charge in [0.05, 0.1) is 11.0 Å². The number of phenolic OH excluding ortho intramolecular Hbond substituents is 1. The summed E-state index contributed by atoms with van der Waals surface area (Å²) in [6.45, 7) is 0. The van der Waals surface area contributed by atoms with Gasteiger partial charge < -0.3 is 10.4 Å². The van der Waals surface area contributed by atoms with E-state index >= 15 is 0 Å². The highest BCUT2D eigenvalue weighted by atomic mass is 16.6. The summed E-state index contributed by atoms with van der Waals surface area (Å²) in [4.78, 5) is 20.7. The van der Waals surface area contributed by atoms with Crippen LogP contribution in [-0.2, 0) is 4.79 Å². The molecule has 0 heterocycles. The standard InChI is InChI=1S/C9H7N3O4/c10-4-3-9(14)11-6-1-2-8(13)7(5-6)12(15)16/h1-2,5,13H,3H2,(H,11,14). The van der Waals surface area contributed by atoms with E-state index in [1.807, 2.05) is 0 Å². The number of nitriles is 1. The van der Waals surface area contributed by atoms with Crippen molar-refractivity contribution in [3.63, 3.8) is 0 Å². The van der Waals surface area contributed by atoms with Crippen LogP contribution < -0.4 is 5.32 Å². The summed E-state index contributed by atoms with van der Waals surface area (Å²) in [5.41, 5.74) is -0.348. The first-order valence-electron chi connectivity index (χ1n) is 4.19. The number of hydrogen-bond donors (Lipinski definition) is 2. The van der Waals surface area contributed by atoms with Crippen molar-refractivity contribution in [2.75, 3.05) is 5.32 Å². The molecule has 7 heteroatoms. The molecule has 0 aliphatic rings. The number of rotatable bonds is 3. The first-order chi connectivity index (χ1) is 7.54. The second kappa shape index (κ2) is 4.75. The number of phenols is 1. The molecule has 1 aromatic rings. The summed E-state index contributed by atoms with van der Waals surface area (Å²) < 4.78 is 0. The van der Waals surface area contributed by atoms with Gasteiger partial charge in [0, 0.05) is 11.8 Å². The molecule has 2 N–H and O–H groups in total. The zero-order valence-corrected chi connectivity index (χ0v) is 8.01. The van der Waals surface area contributed by atoms with Crippen LogP contribution in [-0.4, -0.2) is 15.9 Å². The summed E-state index contributed by atoms with van der Waals surface area (Å²) in [5, 5.41) is 30.1. The Morgan fingerprint density at radius 2 is 2.31 bits per heavy atom. The van der Waals surface area contributed by atoms with Crippen LogP contribution in [0.4, 0.5) is 11.4 Å². The van der Waals surface area contributed by atoms with Gasteiger partial charge in [-0.3, -0.25) is 14.9 Å². The van der Waals surface area contributed by atoms with Crippen LogP contribution in [0, 0.1) is 21.4 Å². The van der Waals surface area contributed by atoms with Gasteiger partial charge in [0.15, 0.2) is 5.75 Å². The lowest BCUT2D eigenvalue weighted by Crippen LogP contribution is -2.10. The Morgan fingerprint density at radius 1 is 1.62 bits per heavy atom. The van der Waals surface area contributed by atoms with E-state index in [2.05, 4.69) is 5.32 Å². The van der Waals surface area contributed by atoms with Crippen molar-refractivity contribution in [1.29, 1.82) is 5.26 Å². The van der Waals surface area contributed by atoms with Gasteiger partial charge in [-0.2, -0.15) is 5.26 Å². The molecule has 1 amide bonds. The van der Waals surface area contributed by atoms with Crippen molar-refractivity contribution in [2.45, 2.75) is 6.42 Å². The number of nitrogens with zero attached hydrogens (tertiary/aromatic N) is 2. The number of carbonyl (C=O) groups is 1. The van der Waals surface area contributed by atoms with Crippen molar-refractivity contribution in [3.8, 4) is 11.8 Å². The van der Waals surface area contributed by atoms with Crippen LogP contribution in [0.3, 0.4) is 0 Å². The van der Waals surface area contributed by atoms with Crippen molar-refractivity contribution >= 4 is 17.3 Å². The molecule has 16 heavy (non-hydrogen) atoms. The molecule has 0 spiro atoms. The van der Waals surface area contributed by atoms with Crippen molar-refractivity contribution in [3.05, 3.63) is 28.3 Å². The second-order valence-corrected chi connectivity index (χ2v) is 2.84. The lowest BCUT2D eigenvalue weighted by Gasteiger charge is -2.03. The highest BCUT2D eigenvalue weighted by Crippen LogP contribution is 2.28. The molecule has 0 fully saturated rings. The molecular formula is C9H7N3O4. The van der Waals surface area contributed by atoms with Gasteiger partial charge in [0.1, 0.15) is 6.42 Å². The number of carbonyl (C=O) groups excluding carboxylic acids is 1. The normalized spacial score (nSPS) is 9.19. The average molecular weight is 221 g/mol. The summed E-state index contributed by atoms with van der Waals surface area (Å²) in [5.74, 6) is -1.05. The van der Waals surface area contributed by atoms with Gasteiger partial charge in [-0.05, 0) is 12.1 Å². The fourth-order valence-electron chi connectivity index (χ4n) is 1.02. The van der Waals surface area contributed by atoms with Gasteiger partial charge in [0.2, 0.25) is 5.91 Å². The van der Waals surface area contributed by atoms with E-state index < -0.39 is 22.3 Å². The van der Waals surface area contributed by atoms with E-state index in [9.17, 15) is 14.9 Å². The van der Waals surface area contributed by atoms with Crippen LogP contribution in [0.15, 0.2) is 18.2 Å². The molecule has 0 bridgehead atoms. The van der Waals surface area contributed by atoms with Crippen LogP contribution in [0.5, 0.6) is 5.75 Å². The number of amides is 1. The molecule has 1 rings (SSSR count).